The maximum Gasteiger partial charge on any atom is 0.326 e. The highest BCUT2D eigenvalue weighted by molar-refractivity contribution is 5.85. The Hall–Kier alpha value is -1.57. The van der Waals surface area contributed by atoms with Crippen molar-refractivity contribution in [3.05, 3.63) is 35.4 Å². The third-order valence-corrected chi connectivity index (χ3v) is 2.40. The molecule has 98 valence electrons. The minimum absolute atomic E-state index is 0. The van der Waals surface area contributed by atoms with E-state index in [0.717, 1.165) is 5.56 Å². The lowest BCUT2D eigenvalue weighted by molar-refractivity contribution is -0.148. The van der Waals surface area contributed by atoms with Crippen molar-refractivity contribution in [3.63, 3.8) is 0 Å². The zero-order valence-corrected chi connectivity index (χ0v) is 11.3. The van der Waals surface area contributed by atoms with Crippen molar-refractivity contribution in [2.75, 3.05) is 6.61 Å². The van der Waals surface area contributed by atoms with Gasteiger partial charge in [-0.3, -0.25) is 4.79 Å². The zero-order chi connectivity index (χ0) is 12.9. The second-order valence-corrected chi connectivity index (χ2v) is 4.12. The number of halogens is 1. The van der Waals surface area contributed by atoms with Crippen molar-refractivity contribution >= 4 is 18.4 Å². The molecule has 4 nitrogen and oxygen atoms in total. The van der Waals surface area contributed by atoms with Gasteiger partial charge in [0, 0.05) is 6.42 Å². The van der Waals surface area contributed by atoms with Crippen LogP contribution in [0.2, 0.25) is 0 Å². The Morgan fingerprint density at radius 2 is 2.00 bits per heavy atom. The number of benzene rings is 1. The van der Waals surface area contributed by atoms with Crippen LogP contribution in [0.1, 0.15) is 25.0 Å². The van der Waals surface area contributed by atoms with Gasteiger partial charge < -0.3 is 10.5 Å². The van der Waals surface area contributed by atoms with Gasteiger partial charge in [0.1, 0.15) is 5.54 Å². The molecule has 18 heavy (non-hydrogen) atoms. The molecule has 0 radical (unpaired) electrons. The summed E-state index contributed by atoms with van der Waals surface area (Å²) in [4.78, 5) is 11.6. The first-order valence-electron chi connectivity index (χ1n) is 5.44. The number of carbonyl (C=O) groups is 1. The highest BCUT2D eigenvalue weighted by atomic mass is 35.5. The topological polar surface area (TPSA) is 76.1 Å². The fraction of sp³-hybridized carbons (Fsp3) is 0.385. The van der Waals surface area contributed by atoms with Gasteiger partial charge in [-0.2, -0.15) is 5.26 Å². The molecular formula is C13H17ClN2O2. The van der Waals surface area contributed by atoms with Crippen LogP contribution in [0.4, 0.5) is 0 Å². The number of ether oxygens (including phenoxy) is 1. The van der Waals surface area contributed by atoms with Crippen molar-refractivity contribution in [2.45, 2.75) is 25.8 Å². The summed E-state index contributed by atoms with van der Waals surface area (Å²) in [5, 5.41) is 8.67. The number of nitriles is 1. The Kier molecular flexibility index (Phi) is 6.39. The normalized spacial score (nSPS) is 12.8. The van der Waals surface area contributed by atoms with Crippen LogP contribution >= 0.6 is 12.4 Å². The summed E-state index contributed by atoms with van der Waals surface area (Å²) in [5.41, 5.74) is 6.36. The van der Waals surface area contributed by atoms with Crippen LogP contribution < -0.4 is 5.73 Å². The van der Waals surface area contributed by atoms with Gasteiger partial charge in [-0.05, 0) is 31.5 Å². The Bertz CT molecular complexity index is 435. The number of nitrogens with two attached hydrogens (primary N) is 1. The van der Waals surface area contributed by atoms with E-state index in [0.29, 0.717) is 18.6 Å². The Morgan fingerprint density at radius 1 is 1.44 bits per heavy atom. The fourth-order valence-corrected chi connectivity index (χ4v) is 1.49. The molecule has 1 aromatic rings. The maximum absolute atomic E-state index is 11.6. The van der Waals surface area contributed by atoms with Crippen molar-refractivity contribution < 1.29 is 9.53 Å². The van der Waals surface area contributed by atoms with Crippen LogP contribution in [0.3, 0.4) is 0 Å². The Balaban J connectivity index is 0.00000289. The number of hydrogen-bond acceptors (Lipinski definition) is 4. The molecule has 0 saturated heterocycles. The van der Waals surface area contributed by atoms with Gasteiger partial charge in [-0.1, -0.05) is 12.1 Å². The Labute approximate surface area is 113 Å². The molecular weight excluding hydrogens is 252 g/mol. The first-order chi connectivity index (χ1) is 7.99. The van der Waals surface area contributed by atoms with Crippen LogP contribution in [0, 0.1) is 11.3 Å². The third kappa shape index (κ3) is 4.36. The molecule has 0 amide bonds. The van der Waals surface area contributed by atoms with Crippen molar-refractivity contribution in [2.24, 2.45) is 5.73 Å². The van der Waals surface area contributed by atoms with E-state index in [4.69, 9.17) is 15.7 Å². The van der Waals surface area contributed by atoms with Crippen LogP contribution in [0.15, 0.2) is 24.3 Å². The summed E-state index contributed by atoms with van der Waals surface area (Å²) in [7, 11) is 0. The number of hydrogen-bond donors (Lipinski definition) is 1. The summed E-state index contributed by atoms with van der Waals surface area (Å²) >= 11 is 0. The summed E-state index contributed by atoms with van der Waals surface area (Å²) in [6.07, 6.45) is 0.386. The standard InChI is InChI=1S/C13H16N2O2.ClH/c1-3-17-12(16)13(2,15)8-10-4-6-11(9-14)7-5-10;/h4-7H,3,8,15H2,1-2H3;1H/t13-;/m0./s1. The van der Waals surface area contributed by atoms with Crippen LogP contribution in [0.5, 0.6) is 0 Å². The minimum atomic E-state index is -1.04. The molecule has 0 aliphatic carbocycles. The third-order valence-electron chi connectivity index (χ3n) is 2.40. The van der Waals surface area contributed by atoms with Gasteiger partial charge in [-0.25, -0.2) is 0 Å². The van der Waals surface area contributed by atoms with Gasteiger partial charge in [0.25, 0.3) is 0 Å². The summed E-state index contributed by atoms with van der Waals surface area (Å²) in [6, 6.07) is 9.04. The predicted molar refractivity (Wildman–Crippen MR) is 71.3 cm³/mol. The largest absolute Gasteiger partial charge is 0.465 e. The monoisotopic (exact) mass is 268 g/mol. The van der Waals surface area contributed by atoms with E-state index < -0.39 is 11.5 Å². The van der Waals surface area contributed by atoms with Crippen LogP contribution in [-0.4, -0.2) is 18.1 Å². The van der Waals surface area contributed by atoms with Gasteiger partial charge in [0.05, 0.1) is 18.2 Å². The second kappa shape index (κ2) is 7.00. The lowest BCUT2D eigenvalue weighted by Crippen LogP contribution is -2.48. The fourth-order valence-electron chi connectivity index (χ4n) is 1.49. The Morgan fingerprint density at radius 3 is 2.44 bits per heavy atom. The molecule has 2 N–H and O–H groups in total. The zero-order valence-electron chi connectivity index (χ0n) is 10.5. The summed E-state index contributed by atoms with van der Waals surface area (Å²) < 4.78 is 4.91. The number of nitrogens with zero attached hydrogens (tertiary/aromatic N) is 1. The van der Waals surface area contributed by atoms with Crippen LogP contribution in [-0.2, 0) is 16.0 Å². The number of rotatable bonds is 4. The van der Waals surface area contributed by atoms with E-state index in [2.05, 4.69) is 0 Å². The molecule has 0 heterocycles. The van der Waals surface area contributed by atoms with Crippen LogP contribution in [0.25, 0.3) is 0 Å². The molecule has 0 spiro atoms. The summed E-state index contributed by atoms with van der Waals surface area (Å²) in [6.45, 7) is 3.71. The first kappa shape index (κ1) is 16.4. The van der Waals surface area contributed by atoms with E-state index in [1.54, 1.807) is 38.1 Å². The molecule has 0 aliphatic heterocycles. The molecule has 0 bridgehead atoms. The highest BCUT2D eigenvalue weighted by Crippen LogP contribution is 2.13. The quantitative estimate of drug-likeness (QED) is 0.845. The smallest absolute Gasteiger partial charge is 0.326 e. The minimum Gasteiger partial charge on any atom is -0.465 e. The maximum atomic E-state index is 11.6. The van der Waals surface area contributed by atoms with Crippen molar-refractivity contribution in [3.8, 4) is 6.07 Å². The van der Waals surface area contributed by atoms with Gasteiger partial charge in [-0.15, -0.1) is 12.4 Å². The SMILES string of the molecule is CCOC(=O)[C@@](C)(N)Cc1ccc(C#N)cc1.Cl. The molecule has 1 aromatic carbocycles. The van der Waals surface area contributed by atoms with E-state index in [-0.39, 0.29) is 12.4 Å². The molecule has 1 rings (SSSR count). The van der Waals surface area contributed by atoms with Crippen molar-refractivity contribution in [1.29, 1.82) is 5.26 Å². The molecule has 1 atom stereocenters. The summed E-state index contributed by atoms with van der Waals surface area (Å²) in [5.74, 6) is -0.413. The highest BCUT2D eigenvalue weighted by Gasteiger charge is 2.30. The van der Waals surface area contributed by atoms with E-state index >= 15 is 0 Å². The first-order valence-corrected chi connectivity index (χ1v) is 5.44. The van der Waals surface area contributed by atoms with Gasteiger partial charge >= 0.3 is 5.97 Å². The van der Waals surface area contributed by atoms with E-state index in [1.165, 1.54) is 0 Å². The lowest BCUT2D eigenvalue weighted by Gasteiger charge is -2.22. The van der Waals surface area contributed by atoms with Gasteiger partial charge in [0.15, 0.2) is 0 Å². The molecule has 0 aliphatic rings. The predicted octanol–water partition coefficient (Wildman–Crippen LogP) is 1.80. The van der Waals surface area contributed by atoms with E-state index in [1.807, 2.05) is 6.07 Å². The molecule has 0 unspecified atom stereocenters. The molecule has 5 heteroatoms. The average Bonchev–Trinajstić information content (AvgIpc) is 2.30. The second-order valence-electron chi connectivity index (χ2n) is 4.12. The molecule has 0 fully saturated rings. The van der Waals surface area contributed by atoms with Crippen molar-refractivity contribution in [1.82, 2.24) is 0 Å². The molecule has 0 saturated carbocycles. The van der Waals surface area contributed by atoms with Gasteiger partial charge in [0.2, 0.25) is 0 Å². The molecule has 0 aromatic heterocycles. The lowest BCUT2D eigenvalue weighted by atomic mass is 9.93. The number of carbonyl (C=O) groups excluding carboxylic acids is 1. The van der Waals surface area contributed by atoms with E-state index in [9.17, 15) is 4.79 Å². The average molecular weight is 269 g/mol. The number of esters is 1.